The number of pyridine rings is 1. The fourth-order valence-electron chi connectivity index (χ4n) is 4.73. The molecule has 2 atom stereocenters. The molecule has 2 amide bonds. The van der Waals surface area contributed by atoms with Crippen LogP contribution in [0.1, 0.15) is 88.7 Å². The van der Waals surface area contributed by atoms with Crippen molar-refractivity contribution in [2.45, 2.75) is 90.3 Å². The van der Waals surface area contributed by atoms with Gasteiger partial charge in [0, 0.05) is 31.9 Å². The second kappa shape index (κ2) is 10.3. The fraction of sp³-hybridized carbons (Fsp3) is 0.704. The summed E-state index contributed by atoms with van der Waals surface area (Å²) in [5.41, 5.74) is 1.58. The van der Waals surface area contributed by atoms with E-state index in [-0.39, 0.29) is 31.3 Å². The molecule has 36 heavy (non-hydrogen) atoms. The fourth-order valence-corrected chi connectivity index (χ4v) is 4.73. The van der Waals surface area contributed by atoms with E-state index >= 15 is 0 Å². The molecule has 9 heteroatoms. The van der Waals surface area contributed by atoms with Gasteiger partial charge in [-0.3, -0.25) is 9.59 Å². The molecular weight excluding hydrogens is 460 g/mol. The maximum atomic E-state index is 14.0. The summed E-state index contributed by atoms with van der Waals surface area (Å²) in [4.78, 5) is 46.7. The van der Waals surface area contributed by atoms with E-state index in [2.05, 4.69) is 16.4 Å². The molecule has 1 saturated heterocycles. The van der Waals surface area contributed by atoms with Crippen LogP contribution in [0.2, 0.25) is 0 Å². The lowest BCUT2D eigenvalue weighted by Crippen LogP contribution is -2.56. The van der Waals surface area contributed by atoms with Crippen molar-refractivity contribution < 1.29 is 24.2 Å². The number of hydrogen-bond donors (Lipinski definition) is 2. The van der Waals surface area contributed by atoms with Gasteiger partial charge in [0.15, 0.2) is 5.69 Å². The third-order valence-corrected chi connectivity index (χ3v) is 6.79. The molecule has 3 fully saturated rings. The number of anilines is 1. The van der Waals surface area contributed by atoms with Crippen molar-refractivity contribution in [1.29, 1.82) is 0 Å². The Morgan fingerprint density at radius 1 is 1.19 bits per heavy atom. The van der Waals surface area contributed by atoms with Gasteiger partial charge in [-0.05, 0) is 76.3 Å². The topological polar surface area (TPSA) is 112 Å². The molecule has 3 aliphatic rings. The van der Waals surface area contributed by atoms with Crippen molar-refractivity contribution in [3.63, 3.8) is 0 Å². The number of nitrogens with one attached hydrogen (secondary N) is 1. The molecule has 2 saturated carbocycles. The Kier molecular flexibility index (Phi) is 7.48. The van der Waals surface area contributed by atoms with Crippen molar-refractivity contribution in [2.75, 3.05) is 25.0 Å². The van der Waals surface area contributed by atoms with E-state index in [0.29, 0.717) is 24.2 Å². The van der Waals surface area contributed by atoms with E-state index in [4.69, 9.17) is 4.74 Å². The van der Waals surface area contributed by atoms with Crippen LogP contribution in [0, 0.1) is 11.8 Å². The molecule has 0 spiro atoms. The summed E-state index contributed by atoms with van der Waals surface area (Å²) in [7, 11) is 0. The van der Waals surface area contributed by atoms with Gasteiger partial charge in [0.2, 0.25) is 0 Å². The Morgan fingerprint density at radius 3 is 2.44 bits per heavy atom. The zero-order valence-electron chi connectivity index (χ0n) is 22.1. The predicted molar refractivity (Wildman–Crippen MR) is 136 cm³/mol. The van der Waals surface area contributed by atoms with E-state index in [1.807, 2.05) is 20.0 Å². The number of piperidine rings is 1. The number of ether oxygens (including phenoxy) is 1. The summed E-state index contributed by atoms with van der Waals surface area (Å²) in [5.74, 6) is -1.32. The van der Waals surface area contributed by atoms with Crippen LogP contribution in [0.25, 0.3) is 0 Å². The number of carboxylic acids is 1. The standard InChI is InChI=1S/C27H40N4O5/c1-16(2)13-31(21-10-19(25(33)34)14-30(15-21)26(35)36-27(3,4)5)24(32)23-22(29-20-8-9-20)11-18(12-28-23)17-6-7-17/h11-12,16-17,19-21,29H,6-10,13-15H2,1-5H3,(H,33,34). The SMILES string of the molecule is CC(C)CN(C(=O)c1ncc(C2CC2)cc1NC1CC1)C1CC(C(=O)O)CN(C(=O)OC(C)(C)C)C1. The van der Waals surface area contributed by atoms with Crippen LogP contribution in [0.15, 0.2) is 12.3 Å². The molecule has 1 aromatic rings. The second-order valence-electron chi connectivity index (χ2n) is 12.0. The molecule has 0 aromatic carbocycles. The summed E-state index contributed by atoms with van der Waals surface area (Å²) in [6.07, 6.45) is 5.98. The van der Waals surface area contributed by atoms with E-state index in [1.165, 1.54) is 4.90 Å². The lowest BCUT2D eigenvalue weighted by atomic mass is 9.92. The molecule has 9 nitrogen and oxygen atoms in total. The van der Waals surface area contributed by atoms with Crippen molar-refractivity contribution in [3.8, 4) is 0 Å². The van der Waals surface area contributed by atoms with Crippen molar-refractivity contribution in [3.05, 3.63) is 23.5 Å². The highest BCUT2D eigenvalue weighted by Crippen LogP contribution is 2.41. The number of rotatable bonds is 8. The lowest BCUT2D eigenvalue weighted by molar-refractivity contribution is -0.144. The van der Waals surface area contributed by atoms with Gasteiger partial charge in [-0.2, -0.15) is 0 Å². The lowest BCUT2D eigenvalue weighted by Gasteiger charge is -2.42. The minimum absolute atomic E-state index is 0.0628. The number of carbonyl (C=O) groups excluding carboxylic acids is 2. The maximum Gasteiger partial charge on any atom is 0.410 e. The van der Waals surface area contributed by atoms with E-state index in [9.17, 15) is 19.5 Å². The quantitative estimate of drug-likeness (QED) is 0.546. The van der Waals surface area contributed by atoms with Crippen molar-refractivity contribution in [2.24, 2.45) is 11.8 Å². The Balaban J connectivity index is 1.63. The molecule has 2 unspecified atom stereocenters. The summed E-state index contributed by atoms with van der Waals surface area (Å²) in [6, 6.07) is 1.97. The zero-order chi connectivity index (χ0) is 26.2. The minimum Gasteiger partial charge on any atom is -0.481 e. The van der Waals surface area contributed by atoms with Gasteiger partial charge < -0.3 is 25.0 Å². The molecule has 198 valence electrons. The maximum absolute atomic E-state index is 14.0. The predicted octanol–water partition coefficient (Wildman–Crippen LogP) is 4.34. The molecule has 2 aliphatic carbocycles. The molecule has 1 aromatic heterocycles. The minimum atomic E-state index is -0.979. The number of hydrogen-bond acceptors (Lipinski definition) is 6. The van der Waals surface area contributed by atoms with Crippen molar-refractivity contribution >= 4 is 23.7 Å². The number of likely N-dealkylation sites (tertiary alicyclic amines) is 1. The largest absolute Gasteiger partial charge is 0.481 e. The van der Waals surface area contributed by atoms with Gasteiger partial charge in [0.05, 0.1) is 17.6 Å². The highest BCUT2D eigenvalue weighted by Gasteiger charge is 2.40. The third kappa shape index (κ3) is 6.68. The second-order valence-corrected chi connectivity index (χ2v) is 12.0. The normalized spacial score (nSPS) is 22.3. The number of aromatic nitrogens is 1. The van der Waals surface area contributed by atoms with Crippen LogP contribution < -0.4 is 5.32 Å². The number of carbonyl (C=O) groups is 3. The van der Waals surface area contributed by atoms with Crippen LogP contribution >= 0.6 is 0 Å². The van der Waals surface area contributed by atoms with Crippen LogP contribution in [-0.2, 0) is 9.53 Å². The average Bonchev–Trinajstić information content (AvgIpc) is 3.70. The van der Waals surface area contributed by atoms with Crippen LogP contribution in [-0.4, -0.2) is 75.2 Å². The van der Waals surface area contributed by atoms with Crippen LogP contribution in [0.5, 0.6) is 0 Å². The van der Waals surface area contributed by atoms with Crippen LogP contribution in [0.3, 0.4) is 0 Å². The molecule has 0 bridgehead atoms. The molecule has 0 radical (unpaired) electrons. The summed E-state index contributed by atoms with van der Waals surface area (Å²) in [6.45, 7) is 10.1. The zero-order valence-corrected chi connectivity index (χ0v) is 22.1. The highest BCUT2D eigenvalue weighted by molar-refractivity contribution is 5.98. The van der Waals surface area contributed by atoms with E-state index in [0.717, 1.165) is 36.9 Å². The first-order valence-corrected chi connectivity index (χ1v) is 13.2. The van der Waals surface area contributed by atoms with Gasteiger partial charge in [-0.25, -0.2) is 9.78 Å². The van der Waals surface area contributed by atoms with Gasteiger partial charge >= 0.3 is 12.1 Å². The number of aliphatic carboxylic acids is 1. The molecule has 2 heterocycles. The Bertz CT molecular complexity index is 996. The smallest absolute Gasteiger partial charge is 0.410 e. The number of nitrogens with zero attached hydrogens (tertiary/aromatic N) is 3. The summed E-state index contributed by atoms with van der Waals surface area (Å²) >= 11 is 0. The van der Waals surface area contributed by atoms with Crippen LogP contribution in [0.4, 0.5) is 10.5 Å². The summed E-state index contributed by atoms with van der Waals surface area (Å²) < 4.78 is 5.54. The van der Waals surface area contributed by atoms with Gasteiger partial charge in [0.25, 0.3) is 5.91 Å². The molecule has 1 aliphatic heterocycles. The van der Waals surface area contributed by atoms with Gasteiger partial charge in [0.1, 0.15) is 5.60 Å². The monoisotopic (exact) mass is 500 g/mol. The first kappa shape index (κ1) is 26.2. The highest BCUT2D eigenvalue weighted by atomic mass is 16.6. The average molecular weight is 501 g/mol. The molecule has 2 N–H and O–H groups in total. The molecule has 4 rings (SSSR count). The van der Waals surface area contributed by atoms with E-state index in [1.54, 1.807) is 25.7 Å². The summed E-state index contributed by atoms with van der Waals surface area (Å²) in [5, 5.41) is 13.3. The van der Waals surface area contributed by atoms with Crippen molar-refractivity contribution in [1.82, 2.24) is 14.8 Å². The van der Waals surface area contributed by atoms with Gasteiger partial charge in [-0.1, -0.05) is 13.8 Å². The first-order chi connectivity index (χ1) is 16.9. The Labute approximate surface area is 213 Å². The van der Waals surface area contributed by atoms with Gasteiger partial charge in [-0.15, -0.1) is 0 Å². The first-order valence-electron chi connectivity index (χ1n) is 13.2. The Hall–Kier alpha value is -2.84. The third-order valence-electron chi connectivity index (χ3n) is 6.79. The number of amides is 2. The van der Waals surface area contributed by atoms with E-state index < -0.39 is 29.6 Å². The Morgan fingerprint density at radius 2 is 1.89 bits per heavy atom. The molecular formula is C27H40N4O5. The number of carboxylic acid groups (broad SMARTS) is 1.